The van der Waals surface area contributed by atoms with Crippen LogP contribution in [0.5, 0.6) is 0 Å². The molecule has 1 amide bonds. The summed E-state index contributed by atoms with van der Waals surface area (Å²) in [5, 5.41) is 10.5. The van der Waals surface area contributed by atoms with Gasteiger partial charge in [0, 0.05) is 0 Å². The molecule has 0 spiro atoms. The fourth-order valence-corrected chi connectivity index (χ4v) is 0.500. The number of nitrogens with one attached hydrogen (secondary N) is 1. The highest BCUT2D eigenvalue weighted by Crippen LogP contribution is 1.88. The number of hydrogen-bond donors (Lipinski definition) is 2. The smallest absolute Gasteiger partial charge is 0.352 e. The van der Waals surface area contributed by atoms with Crippen LogP contribution in [0.4, 0.5) is 0 Å². The van der Waals surface area contributed by atoms with E-state index in [0.717, 1.165) is 0 Å². The van der Waals surface area contributed by atoms with Gasteiger partial charge in [-0.3, -0.25) is 4.79 Å². The van der Waals surface area contributed by atoms with Crippen LogP contribution in [0.3, 0.4) is 0 Å². The van der Waals surface area contributed by atoms with Crippen LogP contribution < -0.4 is 5.32 Å². The number of aliphatic carboxylic acids is 1. The van der Waals surface area contributed by atoms with E-state index >= 15 is 0 Å². The van der Waals surface area contributed by atoms with Crippen LogP contribution in [-0.2, 0) is 9.59 Å². The summed E-state index contributed by atoms with van der Waals surface area (Å²) in [6, 6.07) is 0. The average Bonchev–Trinajstić information content (AvgIpc) is 1.99. The Morgan fingerprint density at radius 1 is 1.64 bits per heavy atom. The summed E-state index contributed by atoms with van der Waals surface area (Å²) in [5.41, 5.74) is -0.157. The zero-order valence-electron chi connectivity index (χ0n) is 5.93. The van der Waals surface area contributed by atoms with Crippen molar-refractivity contribution in [2.75, 3.05) is 5.88 Å². The Hall–Kier alpha value is -1.03. The quantitative estimate of drug-likeness (QED) is 0.482. The van der Waals surface area contributed by atoms with E-state index in [1.165, 1.54) is 13.0 Å². The molecule has 0 unspecified atom stereocenters. The van der Waals surface area contributed by atoms with Crippen molar-refractivity contribution in [1.29, 1.82) is 0 Å². The predicted octanol–water partition coefficient (Wildman–Crippen LogP) is 0.330. The third-order valence-electron chi connectivity index (χ3n) is 0.915. The van der Waals surface area contributed by atoms with Gasteiger partial charge in [0.15, 0.2) is 0 Å². The van der Waals surface area contributed by atoms with E-state index in [2.05, 4.69) is 5.32 Å². The van der Waals surface area contributed by atoms with E-state index < -0.39 is 11.9 Å². The summed E-state index contributed by atoms with van der Waals surface area (Å²) in [4.78, 5) is 20.8. The van der Waals surface area contributed by atoms with Crippen molar-refractivity contribution in [3.63, 3.8) is 0 Å². The summed E-state index contributed by atoms with van der Waals surface area (Å²) >= 11 is 5.13. The Labute approximate surface area is 68.8 Å². The fourth-order valence-electron chi connectivity index (χ4n) is 0.433. The fraction of sp³-hybridized carbons (Fsp3) is 0.333. The molecule has 0 fully saturated rings. The molecule has 2 N–H and O–H groups in total. The van der Waals surface area contributed by atoms with E-state index in [4.69, 9.17) is 16.7 Å². The summed E-state index contributed by atoms with van der Waals surface area (Å²) in [6.45, 7) is 1.51. The number of hydrogen-bond acceptors (Lipinski definition) is 2. The van der Waals surface area contributed by atoms with Gasteiger partial charge in [0.25, 0.3) is 0 Å². The van der Waals surface area contributed by atoms with Crippen molar-refractivity contribution in [2.45, 2.75) is 6.92 Å². The summed E-state index contributed by atoms with van der Waals surface area (Å²) in [5.74, 6) is -1.95. The molecule has 0 atom stereocenters. The third-order valence-corrected chi connectivity index (χ3v) is 1.16. The molecular formula is C6H8ClNO3. The lowest BCUT2D eigenvalue weighted by Gasteiger charge is -2.00. The van der Waals surface area contributed by atoms with Crippen molar-refractivity contribution < 1.29 is 14.7 Å². The minimum atomic E-state index is -1.18. The number of amides is 1. The van der Waals surface area contributed by atoms with Crippen molar-refractivity contribution in [3.8, 4) is 0 Å². The molecule has 0 radical (unpaired) electrons. The zero-order chi connectivity index (χ0) is 8.85. The molecule has 0 rings (SSSR count). The second kappa shape index (κ2) is 4.73. The first-order chi connectivity index (χ1) is 5.11. The van der Waals surface area contributed by atoms with Crippen molar-refractivity contribution in [1.82, 2.24) is 5.32 Å². The molecule has 0 aromatic rings. The van der Waals surface area contributed by atoms with Crippen molar-refractivity contribution in [2.24, 2.45) is 0 Å². The number of carboxylic acids is 1. The van der Waals surface area contributed by atoms with Gasteiger partial charge < -0.3 is 10.4 Å². The Bertz CT molecular complexity index is 200. The van der Waals surface area contributed by atoms with Gasteiger partial charge >= 0.3 is 5.97 Å². The Morgan fingerprint density at radius 3 is 2.45 bits per heavy atom. The average molecular weight is 178 g/mol. The van der Waals surface area contributed by atoms with E-state index in [-0.39, 0.29) is 11.6 Å². The first-order valence-corrected chi connectivity index (χ1v) is 3.40. The maximum Gasteiger partial charge on any atom is 0.352 e. The van der Waals surface area contributed by atoms with Crippen LogP contribution in [0, 0.1) is 0 Å². The molecule has 11 heavy (non-hydrogen) atoms. The van der Waals surface area contributed by atoms with Crippen LogP contribution in [-0.4, -0.2) is 22.9 Å². The van der Waals surface area contributed by atoms with Gasteiger partial charge in [0.05, 0.1) is 0 Å². The number of carbonyl (C=O) groups excluding carboxylic acids is 1. The number of carboxylic acid groups (broad SMARTS) is 1. The highest BCUT2D eigenvalue weighted by molar-refractivity contribution is 6.27. The monoisotopic (exact) mass is 177 g/mol. The molecule has 0 heterocycles. The number of halogens is 1. The van der Waals surface area contributed by atoms with E-state index in [1.807, 2.05) is 0 Å². The Kier molecular flexibility index (Phi) is 4.29. The lowest BCUT2D eigenvalue weighted by molar-refractivity contribution is -0.134. The summed E-state index contributed by atoms with van der Waals surface area (Å²) < 4.78 is 0. The second-order valence-electron chi connectivity index (χ2n) is 1.69. The first kappa shape index (κ1) is 9.97. The van der Waals surface area contributed by atoms with Crippen LogP contribution in [0.1, 0.15) is 6.92 Å². The minimum absolute atomic E-state index is 0.157. The lowest BCUT2D eigenvalue weighted by Crippen LogP contribution is -2.27. The Morgan fingerprint density at radius 2 is 2.18 bits per heavy atom. The molecule has 0 bridgehead atoms. The summed E-state index contributed by atoms with van der Waals surface area (Å²) in [6.07, 6.45) is 1.28. The highest BCUT2D eigenvalue weighted by Gasteiger charge is 2.08. The van der Waals surface area contributed by atoms with Crippen LogP contribution in [0.15, 0.2) is 11.8 Å². The largest absolute Gasteiger partial charge is 0.477 e. The van der Waals surface area contributed by atoms with Crippen LogP contribution >= 0.6 is 11.6 Å². The molecule has 0 aliphatic heterocycles. The van der Waals surface area contributed by atoms with E-state index in [9.17, 15) is 9.59 Å². The van der Waals surface area contributed by atoms with E-state index in [1.54, 1.807) is 0 Å². The van der Waals surface area contributed by atoms with Gasteiger partial charge in [-0.25, -0.2) is 4.79 Å². The SMILES string of the molecule is C/C=C(/NC(=O)CCl)C(=O)O. The predicted molar refractivity (Wildman–Crippen MR) is 40.3 cm³/mol. The topological polar surface area (TPSA) is 66.4 Å². The van der Waals surface area contributed by atoms with Crippen LogP contribution in [0.2, 0.25) is 0 Å². The van der Waals surface area contributed by atoms with Crippen LogP contribution in [0.25, 0.3) is 0 Å². The maximum atomic E-state index is 10.5. The van der Waals surface area contributed by atoms with Gasteiger partial charge in [-0.15, -0.1) is 11.6 Å². The number of alkyl halides is 1. The Balaban J connectivity index is 4.12. The molecule has 0 aromatic carbocycles. The van der Waals surface area contributed by atoms with Gasteiger partial charge in [-0.2, -0.15) is 0 Å². The molecule has 5 heteroatoms. The van der Waals surface area contributed by atoms with Crippen molar-refractivity contribution in [3.05, 3.63) is 11.8 Å². The van der Waals surface area contributed by atoms with Gasteiger partial charge in [-0.1, -0.05) is 6.08 Å². The third kappa shape index (κ3) is 3.62. The molecule has 62 valence electrons. The van der Waals surface area contributed by atoms with Gasteiger partial charge in [0.1, 0.15) is 11.6 Å². The minimum Gasteiger partial charge on any atom is -0.477 e. The van der Waals surface area contributed by atoms with Crippen molar-refractivity contribution >= 4 is 23.5 Å². The zero-order valence-corrected chi connectivity index (χ0v) is 6.68. The standard InChI is InChI=1S/C6H8ClNO3/c1-2-4(6(10)11)8-5(9)3-7/h2H,3H2,1H3,(H,8,9)(H,10,11)/b4-2+. The van der Waals surface area contributed by atoms with E-state index in [0.29, 0.717) is 0 Å². The molecule has 0 aromatic heterocycles. The van der Waals surface area contributed by atoms with Gasteiger partial charge in [-0.05, 0) is 6.92 Å². The van der Waals surface area contributed by atoms with Gasteiger partial charge in [0.2, 0.25) is 5.91 Å². The maximum absolute atomic E-state index is 10.5. The lowest BCUT2D eigenvalue weighted by atomic mass is 10.4. The highest BCUT2D eigenvalue weighted by atomic mass is 35.5. The molecule has 0 saturated carbocycles. The molecule has 0 aliphatic carbocycles. The molecule has 4 nitrogen and oxygen atoms in total. The molecule has 0 saturated heterocycles. The number of allylic oxidation sites excluding steroid dienone is 1. The number of carbonyl (C=O) groups is 2. The first-order valence-electron chi connectivity index (χ1n) is 2.87. The molecular weight excluding hydrogens is 170 g/mol. The molecule has 0 aliphatic rings. The number of rotatable bonds is 3. The summed E-state index contributed by atoms with van der Waals surface area (Å²) in [7, 11) is 0. The normalized spacial score (nSPS) is 10.9. The second-order valence-corrected chi connectivity index (χ2v) is 1.96.